The van der Waals surface area contributed by atoms with Crippen molar-refractivity contribution >= 4 is 11.0 Å². The highest BCUT2D eigenvalue weighted by atomic mass is 16.5. The second-order valence-corrected chi connectivity index (χ2v) is 8.79. The van der Waals surface area contributed by atoms with Crippen molar-refractivity contribution in [3.8, 4) is 5.75 Å². The molecule has 0 spiro atoms. The molecular weight excluding hydrogens is 384 g/mol. The maximum atomic E-state index is 5.93. The Labute approximate surface area is 186 Å². The minimum atomic E-state index is 0.759. The van der Waals surface area contributed by atoms with E-state index in [2.05, 4.69) is 70.8 Å². The van der Waals surface area contributed by atoms with Gasteiger partial charge in [0.05, 0.1) is 17.6 Å². The fraction of sp³-hybridized carbons (Fsp3) is 0.500. The first kappa shape index (κ1) is 21.8. The average Bonchev–Trinajstić information content (AvgIpc) is 3.12. The molecule has 166 valence electrons. The number of aromatic nitrogens is 2. The van der Waals surface area contributed by atoms with Gasteiger partial charge in [0.15, 0.2) is 0 Å². The van der Waals surface area contributed by atoms with Gasteiger partial charge in [0.25, 0.3) is 0 Å². The van der Waals surface area contributed by atoms with Crippen LogP contribution in [0.3, 0.4) is 0 Å². The molecule has 0 N–H and O–H groups in total. The van der Waals surface area contributed by atoms with Crippen molar-refractivity contribution in [1.82, 2.24) is 19.4 Å². The molecule has 0 aliphatic carbocycles. The van der Waals surface area contributed by atoms with Crippen LogP contribution in [0, 0.1) is 6.92 Å². The van der Waals surface area contributed by atoms with Gasteiger partial charge in [0.2, 0.25) is 0 Å². The summed E-state index contributed by atoms with van der Waals surface area (Å²) < 4.78 is 8.37. The van der Waals surface area contributed by atoms with Crippen LogP contribution in [0.5, 0.6) is 5.75 Å². The van der Waals surface area contributed by atoms with Gasteiger partial charge < -0.3 is 19.1 Å². The molecule has 1 aliphatic rings. The van der Waals surface area contributed by atoms with Crippen LogP contribution in [-0.4, -0.2) is 65.7 Å². The van der Waals surface area contributed by atoms with Crippen LogP contribution in [0.2, 0.25) is 0 Å². The summed E-state index contributed by atoms with van der Waals surface area (Å²) in [5.74, 6) is 2.20. The van der Waals surface area contributed by atoms with E-state index in [9.17, 15) is 0 Å². The van der Waals surface area contributed by atoms with Gasteiger partial charge in [0, 0.05) is 39.1 Å². The predicted octanol–water partition coefficient (Wildman–Crippen LogP) is 4.38. The van der Waals surface area contributed by atoms with E-state index in [0.717, 1.165) is 43.7 Å². The highest BCUT2D eigenvalue weighted by Crippen LogP contribution is 2.19. The number of piperazine rings is 1. The number of likely N-dealkylation sites (N-methyl/N-ethyl adjacent to an activating group) is 1. The van der Waals surface area contributed by atoms with E-state index in [1.165, 1.54) is 56.0 Å². The largest absolute Gasteiger partial charge is 0.494 e. The maximum absolute atomic E-state index is 5.93. The smallest absolute Gasteiger partial charge is 0.119 e. The molecule has 1 saturated heterocycles. The second kappa shape index (κ2) is 10.8. The molecule has 31 heavy (non-hydrogen) atoms. The van der Waals surface area contributed by atoms with E-state index in [0.29, 0.717) is 0 Å². The molecule has 5 nitrogen and oxygen atoms in total. The number of rotatable bonds is 10. The number of para-hydroxylation sites is 2. The van der Waals surface area contributed by atoms with E-state index in [4.69, 9.17) is 9.72 Å². The van der Waals surface area contributed by atoms with E-state index in [1.807, 2.05) is 6.07 Å². The molecule has 0 atom stereocenters. The third kappa shape index (κ3) is 6.08. The normalized spacial score (nSPS) is 15.5. The van der Waals surface area contributed by atoms with Crippen molar-refractivity contribution < 1.29 is 4.74 Å². The Kier molecular flexibility index (Phi) is 7.60. The zero-order chi connectivity index (χ0) is 21.5. The number of unbranched alkanes of at least 4 members (excludes halogenated alkanes) is 1. The Balaban J connectivity index is 1.29. The molecule has 4 rings (SSSR count). The lowest BCUT2D eigenvalue weighted by Gasteiger charge is -2.32. The Morgan fingerprint density at radius 2 is 1.74 bits per heavy atom. The molecule has 1 fully saturated rings. The predicted molar refractivity (Wildman–Crippen MR) is 128 cm³/mol. The molecule has 1 aromatic heterocycles. The summed E-state index contributed by atoms with van der Waals surface area (Å²) in [7, 11) is 2.21. The lowest BCUT2D eigenvalue weighted by Crippen LogP contribution is -2.44. The molecule has 5 heteroatoms. The number of hydrogen-bond acceptors (Lipinski definition) is 4. The number of ether oxygens (including phenoxy) is 1. The van der Waals surface area contributed by atoms with Crippen LogP contribution in [0.1, 0.15) is 30.7 Å². The number of nitrogens with zero attached hydrogens (tertiary/aromatic N) is 4. The van der Waals surface area contributed by atoms with Crippen molar-refractivity contribution in [3.05, 3.63) is 59.9 Å². The Morgan fingerprint density at radius 3 is 2.58 bits per heavy atom. The Morgan fingerprint density at radius 1 is 0.903 bits per heavy atom. The van der Waals surface area contributed by atoms with Gasteiger partial charge in [-0.1, -0.05) is 24.3 Å². The molecule has 0 unspecified atom stereocenters. The molecule has 2 heterocycles. The van der Waals surface area contributed by atoms with Crippen LogP contribution >= 0.6 is 0 Å². The zero-order valence-corrected chi connectivity index (χ0v) is 19.1. The van der Waals surface area contributed by atoms with Crippen LogP contribution in [-0.2, 0) is 13.0 Å². The van der Waals surface area contributed by atoms with Crippen molar-refractivity contribution in [2.75, 3.05) is 46.4 Å². The molecular formula is C26H36N4O. The summed E-state index contributed by atoms with van der Waals surface area (Å²) >= 11 is 0. The van der Waals surface area contributed by atoms with Gasteiger partial charge in [-0.3, -0.25) is 0 Å². The first-order valence-corrected chi connectivity index (χ1v) is 11.7. The van der Waals surface area contributed by atoms with Crippen molar-refractivity contribution in [3.63, 3.8) is 0 Å². The lowest BCUT2D eigenvalue weighted by atomic mass is 10.2. The molecule has 1 aliphatic heterocycles. The van der Waals surface area contributed by atoms with Gasteiger partial charge in [-0.2, -0.15) is 0 Å². The summed E-state index contributed by atoms with van der Waals surface area (Å²) in [5, 5.41) is 0. The fourth-order valence-corrected chi connectivity index (χ4v) is 4.37. The first-order chi connectivity index (χ1) is 15.2. The number of aryl methyl sites for hydroxylation is 3. The molecule has 0 saturated carbocycles. The molecule has 2 aromatic carbocycles. The number of imidazole rings is 1. The lowest BCUT2D eigenvalue weighted by molar-refractivity contribution is 0.152. The quantitative estimate of drug-likeness (QED) is 0.456. The Hall–Kier alpha value is -2.37. The van der Waals surface area contributed by atoms with E-state index in [1.54, 1.807) is 0 Å². The molecule has 3 aromatic rings. The third-order valence-electron chi connectivity index (χ3n) is 6.24. The van der Waals surface area contributed by atoms with Crippen molar-refractivity contribution in [2.24, 2.45) is 0 Å². The minimum Gasteiger partial charge on any atom is -0.494 e. The Bertz CT molecular complexity index is 959. The highest BCUT2D eigenvalue weighted by Gasteiger charge is 2.14. The third-order valence-corrected chi connectivity index (χ3v) is 6.24. The van der Waals surface area contributed by atoms with E-state index < -0.39 is 0 Å². The minimum absolute atomic E-state index is 0.759. The monoisotopic (exact) mass is 420 g/mol. The van der Waals surface area contributed by atoms with Gasteiger partial charge in [-0.25, -0.2) is 4.98 Å². The van der Waals surface area contributed by atoms with Gasteiger partial charge in [-0.05, 0) is 69.6 Å². The number of hydrogen-bond donors (Lipinski definition) is 0. The molecule has 0 amide bonds. The summed E-state index contributed by atoms with van der Waals surface area (Å²) in [6.07, 6.45) is 4.35. The van der Waals surface area contributed by atoms with E-state index >= 15 is 0 Å². The summed E-state index contributed by atoms with van der Waals surface area (Å²) in [6.45, 7) is 9.77. The summed E-state index contributed by atoms with van der Waals surface area (Å²) in [5.41, 5.74) is 3.62. The fourth-order valence-electron chi connectivity index (χ4n) is 4.37. The summed E-state index contributed by atoms with van der Waals surface area (Å²) in [4.78, 5) is 9.98. The van der Waals surface area contributed by atoms with Crippen LogP contribution in [0.4, 0.5) is 0 Å². The SMILES string of the molecule is Cc1cccc(OCCCCn2c(CCCN3CCN(C)CC3)nc3ccccc32)c1. The van der Waals surface area contributed by atoms with Crippen LogP contribution in [0.25, 0.3) is 11.0 Å². The van der Waals surface area contributed by atoms with Gasteiger partial charge >= 0.3 is 0 Å². The van der Waals surface area contributed by atoms with Gasteiger partial charge in [-0.15, -0.1) is 0 Å². The average molecular weight is 421 g/mol. The first-order valence-electron chi connectivity index (χ1n) is 11.7. The summed E-state index contributed by atoms with van der Waals surface area (Å²) in [6, 6.07) is 16.8. The van der Waals surface area contributed by atoms with Crippen LogP contribution < -0.4 is 4.74 Å². The van der Waals surface area contributed by atoms with Crippen LogP contribution in [0.15, 0.2) is 48.5 Å². The second-order valence-electron chi connectivity index (χ2n) is 8.79. The topological polar surface area (TPSA) is 33.5 Å². The zero-order valence-electron chi connectivity index (χ0n) is 19.1. The van der Waals surface area contributed by atoms with Gasteiger partial charge in [0.1, 0.15) is 11.6 Å². The highest BCUT2D eigenvalue weighted by molar-refractivity contribution is 5.75. The van der Waals surface area contributed by atoms with Crippen molar-refractivity contribution in [1.29, 1.82) is 0 Å². The van der Waals surface area contributed by atoms with E-state index in [-0.39, 0.29) is 0 Å². The number of fused-ring (bicyclic) bond motifs is 1. The number of benzene rings is 2. The van der Waals surface area contributed by atoms with Crippen molar-refractivity contribution in [2.45, 2.75) is 39.2 Å². The maximum Gasteiger partial charge on any atom is 0.119 e. The standard InChI is InChI=1S/C26H36N4O/c1-22-9-7-10-23(21-22)31-20-6-5-15-30-25-12-4-3-11-24(25)27-26(30)13-8-14-29-18-16-28(2)17-19-29/h3-4,7,9-12,21H,5-6,8,13-20H2,1-2H3. The molecule has 0 bridgehead atoms. The molecule has 0 radical (unpaired) electrons.